The second kappa shape index (κ2) is 15.4. The van der Waals surface area contributed by atoms with Crippen molar-refractivity contribution in [2.24, 2.45) is 0 Å². The van der Waals surface area contributed by atoms with Crippen molar-refractivity contribution in [2.45, 2.75) is 56.4 Å². The van der Waals surface area contributed by atoms with Crippen molar-refractivity contribution in [2.75, 3.05) is 37.7 Å². The summed E-state index contributed by atoms with van der Waals surface area (Å²) in [5.41, 5.74) is 1.33. The average molecular weight is 724 g/mol. The van der Waals surface area contributed by atoms with Gasteiger partial charge in [0.2, 0.25) is 0 Å². The molecule has 1 unspecified atom stereocenters. The van der Waals surface area contributed by atoms with Crippen molar-refractivity contribution in [3.05, 3.63) is 94.0 Å². The summed E-state index contributed by atoms with van der Waals surface area (Å²) in [6.45, 7) is 8.25. The molecule has 0 spiro atoms. The SMILES string of the molecule is CCOC(=O)C(C)Oc1ccc(SCc2sc(-c3ccc(C(F)(F)F)cc3)nc2CN2CCN(c3cccc(C(F)(F)F)c3)CC2)cc1C. The van der Waals surface area contributed by atoms with E-state index in [0.717, 1.165) is 39.2 Å². The smallest absolute Gasteiger partial charge is 0.416 e. The van der Waals surface area contributed by atoms with Crippen LogP contribution in [0.4, 0.5) is 32.0 Å². The Morgan fingerprint density at radius 1 is 0.939 bits per heavy atom. The fraction of sp³-hybridized carbons (Fsp3) is 0.371. The lowest BCUT2D eigenvalue weighted by atomic mass is 10.1. The van der Waals surface area contributed by atoms with Crippen molar-refractivity contribution in [3.8, 4) is 16.3 Å². The lowest BCUT2D eigenvalue weighted by molar-refractivity contribution is -0.150. The number of thioether (sulfide) groups is 1. The van der Waals surface area contributed by atoms with Gasteiger partial charge in [-0.2, -0.15) is 26.3 Å². The quantitative estimate of drug-likeness (QED) is 0.0870. The molecule has 1 aromatic heterocycles. The first-order valence-corrected chi connectivity index (χ1v) is 17.4. The number of benzene rings is 3. The van der Waals surface area contributed by atoms with E-state index >= 15 is 0 Å². The normalized spacial score (nSPS) is 14.9. The third kappa shape index (κ3) is 9.49. The molecule has 1 fully saturated rings. The van der Waals surface area contributed by atoms with Crippen molar-refractivity contribution in [1.29, 1.82) is 0 Å². The number of aryl methyl sites for hydroxylation is 1. The van der Waals surface area contributed by atoms with Gasteiger partial charge in [-0.3, -0.25) is 4.90 Å². The van der Waals surface area contributed by atoms with E-state index in [4.69, 9.17) is 14.5 Å². The Morgan fingerprint density at radius 3 is 2.27 bits per heavy atom. The van der Waals surface area contributed by atoms with Crippen molar-refractivity contribution in [1.82, 2.24) is 9.88 Å². The number of anilines is 1. The van der Waals surface area contributed by atoms with Crippen LogP contribution in [0.5, 0.6) is 5.75 Å². The van der Waals surface area contributed by atoms with Crippen LogP contribution in [-0.4, -0.2) is 54.7 Å². The minimum absolute atomic E-state index is 0.261. The van der Waals surface area contributed by atoms with Gasteiger partial charge in [-0.05, 0) is 74.9 Å². The predicted octanol–water partition coefficient (Wildman–Crippen LogP) is 9.10. The van der Waals surface area contributed by atoms with Gasteiger partial charge in [0.1, 0.15) is 10.8 Å². The minimum atomic E-state index is -4.44. The summed E-state index contributed by atoms with van der Waals surface area (Å²) >= 11 is 3.00. The monoisotopic (exact) mass is 723 g/mol. The molecule has 14 heteroatoms. The molecule has 0 saturated carbocycles. The number of alkyl halides is 6. The summed E-state index contributed by atoms with van der Waals surface area (Å²) in [6.07, 6.45) is -9.62. The number of hydrogen-bond donors (Lipinski definition) is 0. The first kappa shape index (κ1) is 36.5. The lowest BCUT2D eigenvalue weighted by Gasteiger charge is -2.36. The lowest BCUT2D eigenvalue weighted by Crippen LogP contribution is -2.46. The number of ether oxygens (including phenoxy) is 2. The van der Waals surface area contributed by atoms with Crippen LogP contribution >= 0.6 is 23.1 Å². The molecule has 4 aromatic rings. The van der Waals surface area contributed by atoms with Crippen LogP contribution in [0.2, 0.25) is 0 Å². The highest BCUT2D eigenvalue weighted by atomic mass is 32.2. The number of hydrogen-bond acceptors (Lipinski definition) is 8. The van der Waals surface area contributed by atoms with E-state index in [1.807, 2.05) is 24.0 Å². The summed E-state index contributed by atoms with van der Waals surface area (Å²) in [4.78, 5) is 22.9. The molecule has 1 atom stereocenters. The molecule has 0 aliphatic carbocycles. The van der Waals surface area contributed by atoms with Gasteiger partial charge in [0, 0.05) is 59.5 Å². The number of piperazine rings is 1. The zero-order chi connectivity index (χ0) is 35.3. The molecule has 0 amide bonds. The number of halogens is 6. The summed E-state index contributed by atoms with van der Waals surface area (Å²) < 4.78 is 90.2. The van der Waals surface area contributed by atoms with Crippen LogP contribution in [0, 0.1) is 6.92 Å². The van der Waals surface area contributed by atoms with Gasteiger partial charge >= 0.3 is 18.3 Å². The Bertz CT molecular complexity index is 1740. The summed E-state index contributed by atoms with van der Waals surface area (Å²) in [7, 11) is 0. The molecule has 2 heterocycles. The van der Waals surface area contributed by atoms with E-state index in [1.54, 1.807) is 37.7 Å². The number of aromatic nitrogens is 1. The largest absolute Gasteiger partial charge is 0.479 e. The highest BCUT2D eigenvalue weighted by Gasteiger charge is 2.32. The maximum Gasteiger partial charge on any atom is 0.416 e. The average Bonchev–Trinajstić information content (AvgIpc) is 3.47. The van der Waals surface area contributed by atoms with Crippen molar-refractivity contribution in [3.63, 3.8) is 0 Å². The number of esters is 1. The molecule has 1 saturated heterocycles. The van der Waals surface area contributed by atoms with Crippen molar-refractivity contribution >= 4 is 34.8 Å². The number of thiazole rings is 1. The molecular formula is C35H35F6N3O3S2. The molecule has 6 nitrogen and oxygen atoms in total. The first-order chi connectivity index (χ1) is 23.2. The Morgan fingerprint density at radius 2 is 1.63 bits per heavy atom. The molecule has 49 heavy (non-hydrogen) atoms. The molecule has 1 aliphatic rings. The van der Waals surface area contributed by atoms with Crippen LogP contribution in [0.1, 0.15) is 41.1 Å². The summed E-state index contributed by atoms with van der Waals surface area (Å²) in [6, 6.07) is 15.9. The zero-order valence-electron chi connectivity index (χ0n) is 27.0. The Hall–Kier alpha value is -3.75. The van der Waals surface area contributed by atoms with Crippen LogP contribution in [-0.2, 0) is 34.2 Å². The zero-order valence-corrected chi connectivity index (χ0v) is 28.7. The van der Waals surface area contributed by atoms with Gasteiger partial charge in [-0.15, -0.1) is 23.1 Å². The van der Waals surface area contributed by atoms with Crippen LogP contribution < -0.4 is 9.64 Å². The Labute approximate surface area is 289 Å². The maximum atomic E-state index is 13.3. The highest BCUT2D eigenvalue weighted by molar-refractivity contribution is 7.98. The second-order valence-electron chi connectivity index (χ2n) is 11.5. The molecule has 0 bridgehead atoms. The number of nitrogens with zero attached hydrogens (tertiary/aromatic N) is 3. The van der Waals surface area contributed by atoms with Gasteiger partial charge in [0.15, 0.2) is 6.10 Å². The fourth-order valence-electron chi connectivity index (χ4n) is 5.29. The van der Waals surface area contributed by atoms with Crippen LogP contribution in [0.15, 0.2) is 71.6 Å². The molecule has 3 aromatic carbocycles. The number of rotatable bonds is 11. The van der Waals surface area contributed by atoms with Crippen LogP contribution in [0.25, 0.3) is 10.6 Å². The second-order valence-corrected chi connectivity index (χ2v) is 13.6. The predicted molar refractivity (Wildman–Crippen MR) is 179 cm³/mol. The summed E-state index contributed by atoms with van der Waals surface area (Å²) in [5.74, 6) is 0.674. The maximum absolute atomic E-state index is 13.3. The molecule has 0 N–H and O–H groups in total. The third-order valence-electron chi connectivity index (χ3n) is 7.96. The van der Waals surface area contributed by atoms with Gasteiger partial charge in [-0.1, -0.05) is 18.2 Å². The van der Waals surface area contributed by atoms with Gasteiger partial charge in [0.25, 0.3) is 0 Å². The highest BCUT2D eigenvalue weighted by Crippen LogP contribution is 2.37. The Kier molecular flexibility index (Phi) is 11.5. The third-order valence-corrected chi connectivity index (χ3v) is 10.3. The van der Waals surface area contributed by atoms with E-state index in [9.17, 15) is 31.1 Å². The first-order valence-electron chi connectivity index (χ1n) is 15.6. The molecular weight excluding hydrogens is 689 g/mol. The summed E-state index contributed by atoms with van der Waals surface area (Å²) in [5, 5.41) is 0.606. The van der Waals surface area contributed by atoms with E-state index in [-0.39, 0.29) is 6.61 Å². The molecule has 0 radical (unpaired) electrons. The van der Waals surface area contributed by atoms with E-state index in [0.29, 0.717) is 60.5 Å². The molecule has 1 aliphatic heterocycles. The fourth-order valence-corrected chi connectivity index (χ4v) is 7.46. The van der Waals surface area contributed by atoms with E-state index < -0.39 is 35.6 Å². The topological polar surface area (TPSA) is 54.9 Å². The van der Waals surface area contributed by atoms with Gasteiger partial charge in [0.05, 0.1) is 23.4 Å². The Balaban J connectivity index is 1.30. The van der Waals surface area contributed by atoms with Gasteiger partial charge in [-0.25, -0.2) is 9.78 Å². The van der Waals surface area contributed by atoms with Gasteiger partial charge < -0.3 is 14.4 Å². The molecule has 5 rings (SSSR count). The van der Waals surface area contributed by atoms with Crippen LogP contribution in [0.3, 0.4) is 0 Å². The standard InChI is InChI=1S/C35H35F6N3O3S2/c1-4-46-33(45)23(3)47-30-13-12-28(18-22(30)2)48-21-31-29(42-32(49-31)24-8-10-25(11-9-24)34(36,37)38)20-43-14-16-44(17-15-43)27-7-5-6-26(19-27)35(39,40)41/h5-13,18-19,23H,4,14-17,20-21H2,1-3H3. The number of carbonyl (C=O) groups is 1. The van der Waals surface area contributed by atoms with E-state index in [2.05, 4.69) is 4.90 Å². The minimum Gasteiger partial charge on any atom is -0.479 e. The molecule has 262 valence electrons. The number of carbonyl (C=O) groups excluding carboxylic acids is 1. The van der Waals surface area contributed by atoms with Crippen molar-refractivity contribution < 1.29 is 40.6 Å². The van der Waals surface area contributed by atoms with E-state index in [1.165, 1.54) is 35.6 Å².